The van der Waals surface area contributed by atoms with E-state index in [-0.39, 0.29) is 11.8 Å². The normalized spacial score (nSPS) is 16.4. The summed E-state index contributed by atoms with van der Waals surface area (Å²) in [6.45, 7) is 16.1. The van der Waals surface area contributed by atoms with Crippen LogP contribution < -0.4 is 31.6 Å². The number of anilines is 4. The van der Waals surface area contributed by atoms with Gasteiger partial charge in [-0.05, 0) is 128 Å². The molecule has 2 atom stereocenters. The molecular weight excluding hydrogens is 927 g/mol. The second-order valence-corrected chi connectivity index (χ2v) is 19.5. The first kappa shape index (κ1) is 50.9. The maximum atomic E-state index is 13.1. The van der Waals surface area contributed by atoms with Gasteiger partial charge in [0.25, 0.3) is 0 Å². The fraction of sp³-hybridized carbons (Fsp3) is 0.417. The minimum atomic E-state index is -4.55. The first-order valence-electron chi connectivity index (χ1n) is 21.9. The molecule has 0 aliphatic carbocycles. The van der Waals surface area contributed by atoms with Crippen molar-refractivity contribution in [3.8, 4) is 11.8 Å². The second kappa shape index (κ2) is 18.1. The molecule has 6 aromatic heterocycles. The van der Waals surface area contributed by atoms with Gasteiger partial charge in [0, 0.05) is 48.7 Å². The van der Waals surface area contributed by atoms with Crippen LogP contribution in [0.4, 0.5) is 49.6 Å². The summed E-state index contributed by atoms with van der Waals surface area (Å²) in [5, 5.41) is 7.86. The molecule has 8 heterocycles. The van der Waals surface area contributed by atoms with Crippen molar-refractivity contribution in [1.82, 2.24) is 29.9 Å². The van der Waals surface area contributed by atoms with Crippen LogP contribution in [-0.2, 0) is 33.4 Å². The molecule has 2 aliphatic rings. The zero-order valence-corrected chi connectivity index (χ0v) is 39.9. The van der Waals surface area contributed by atoms with Crippen LogP contribution in [0.15, 0.2) is 61.2 Å². The second-order valence-electron chi connectivity index (χ2n) is 19.5. The Bertz CT molecular complexity index is 2800. The van der Waals surface area contributed by atoms with Gasteiger partial charge in [-0.25, -0.2) is 39.5 Å². The van der Waals surface area contributed by atoms with Gasteiger partial charge in [0.15, 0.2) is 12.2 Å². The molecule has 8 rings (SSSR count). The van der Waals surface area contributed by atoms with Crippen LogP contribution in [-0.4, -0.2) is 77.6 Å². The van der Waals surface area contributed by atoms with E-state index in [0.717, 1.165) is 13.8 Å². The van der Waals surface area contributed by atoms with E-state index in [1.807, 2.05) is 27.7 Å². The van der Waals surface area contributed by atoms with Crippen LogP contribution in [0.3, 0.4) is 0 Å². The molecule has 6 N–H and O–H groups in total. The highest BCUT2D eigenvalue weighted by Crippen LogP contribution is 2.38. The first-order valence-corrected chi connectivity index (χ1v) is 21.9. The zero-order valence-electron chi connectivity index (χ0n) is 39.9. The summed E-state index contributed by atoms with van der Waals surface area (Å²) in [5.74, 6) is 0.429. The Morgan fingerprint density at radius 3 is 1.26 bits per heavy atom. The van der Waals surface area contributed by atoms with Crippen LogP contribution in [0.5, 0.6) is 11.8 Å². The van der Waals surface area contributed by atoms with E-state index in [2.05, 4.69) is 40.5 Å². The SMILES string of the molecule is C[C@@H](Oc1ncc(C(C)(C)N)c2cc(Nc3ccc4c(n3)CC(C)(C)OC4=O)ncc12)C(F)(F)F.C[C@H](Oc1ncc(C(C)(C)N)c2cc(Nc3ccc4c(n3)CC(C)(C)OC4=O)ncc12)C(F)(F)F. The lowest BCUT2D eigenvalue weighted by Crippen LogP contribution is -2.36. The van der Waals surface area contributed by atoms with Gasteiger partial charge < -0.3 is 41.0 Å². The van der Waals surface area contributed by atoms with E-state index in [0.29, 0.717) is 91.3 Å². The molecule has 0 saturated carbocycles. The molecule has 0 radical (unpaired) electrons. The van der Waals surface area contributed by atoms with Crippen LogP contribution in [0, 0.1) is 0 Å². The number of carbonyl (C=O) groups is 2. The summed E-state index contributed by atoms with van der Waals surface area (Å²) in [4.78, 5) is 50.4. The van der Waals surface area contributed by atoms with Crippen LogP contribution in [0.25, 0.3) is 21.5 Å². The number of halogens is 6. The maximum absolute atomic E-state index is 13.1. The number of rotatable bonds is 10. The predicted molar refractivity (Wildman–Crippen MR) is 247 cm³/mol. The van der Waals surface area contributed by atoms with Gasteiger partial charge in [0.2, 0.25) is 11.8 Å². The number of carbonyl (C=O) groups excluding carboxylic acids is 2. The molecule has 22 heteroatoms. The average molecular weight is 979 g/mol. The van der Waals surface area contributed by atoms with Crippen molar-refractivity contribution in [1.29, 1.82) is 0 Å². The van der Waals surface area contributed by atoms with E-state index in [1.54, 1.807) is 64.1 Å². The summed E-state index contributed by atoms with van der Waals surface area (Å²) in [5.41, 5.74) is 12.8. The number of fused-ring (bicyclic) bond motifs is 4. The van der Waals surface area contributed by atoms with Gasteiger partial charge in [-0.1, -0.05) is 0 Å². The summed E-state index contributed by atoms with van der Waals surface area (Å²) >= 11 is 0. The third-order valence-electron chi connectivity index (χ3n) is 11.2. The van der Waals surface area contributed by atoms with E-state index in [9.17, 15) is 35.9 Å². The Labute approximate surface area is 398 Å². The van der Waals surface area contributed by atoms with Crippen molar-refractivity contribution in [2.45, 2.75) is 129 Å². The maximum Gasteiger partial charge on any atom is 0.425 e. The summed E-state index contributed by atoms with van der Waals surface area (Å²) in [6, 6.07) is 9.84. The number of nitrogens with one attached hydrogen (secondary N) is 2. The standard InChI is InChI=1S/2C24H26F3N5O3/c2*1-12(24(25,26)27)34-20-15-10-29-19(8-14(15)16(11-30-20)23(4,5)28)32-18-7-6-13-17(31-18)9-22(2,3)35-21(13)33/h2*6-8,10-12H,9,28H2,1-5H3,(H,29,31,32)/t2*12-/m10/s1. The van der Waals surface area contributed by atoms with Crippen molar-refractivity contribution >= 4 is 56.8 Å². The Balaban J connectivity index is 0.000000206. The van der Waals surface area contributed by atoms with Crippen molar-refractivity contribution < 1.29 is 54.9 Å². The van der Waals surface area contributed by atoms with Crippen molar-refractivity contribution in [2.75, 3.05) is 10.6 Å². The number of aromatic nitrogens is 6. The van der Waals surface area contributed by atoms with Crippen molar-refractivity contribution in [2.24, 2.45) is 11.5 Å². The number of cyclic esters (lactones) is 2. The lowest BCUT2D eigenvalue weighted by Gasteiger charge is -2.30. The van der Waals surface area contributed by atoms with E-state index in [1.165, 1.54) is 24.8 Å². The Morgan fingerprint density at radius 1 is 0.571 bits per heavy atom. The quantitative estimate of drug-likeness (QED) is 0.0740. The van der Waals surface area contributed by atoms with Gasteiger partial charge in [0.1, 0.15) is 34.5 Å². The number of nitrogens with two attached hydrogens (primary N) is 2. The number of hydrogen-bond donors (Lipinski definition) is 4. The predicted octanol–water partition coefficient (Wildman–Crippen LogP) is 9.57. The number of alkyl halides is 6. The van der Waals surface area contributed by atoms with Gasteiger partial charge in [-0.3, -0.25) is 0 Å². The smallest absolute Gasteiger partial charge is 0.425 e. The van der Waals surface area contributed by atoms with Crippen LogP contribution >= 0.6 is 0 Å². The van der Waals surface area contributed by atoms with Gasteiger partial charge in [0.05, 0.1) is 33.3 Å². The number of ether oxygens (including phenoxy) is 4. The molecule has 2 aliphatic heterocycles. The van der Waals surface area contributed by atoms with Crippen LogP contribution in [0.1, 0.15) is 112 Å². The molecule has 6 aromatic rings. The average Bonchev–Trinajstić information content (AvgIpc) is 3.21. The monoisotopic (exact) mass is 978 g/mol. The topological polar surface area (TPSA) is 224 Å². The summed E-state index contributed by atoms with van der Waals surface area (Å²) in [6.07, 6.45) is -6.71. The van der Waals surface area contributed by atoms with E-state index < -0.39 is 58.8 Å². The molecule has 0 unspecified atom stereocenters. The third kappa shape index (κ3) is 11.4. The third-order valence-corrected chi connectivity index (χ3v) is 11.2. The van der Waals surface area contributed by atoms with Gasteiger partial charge >= 0.3 is 24.3 Å². The largest absolute Gasteiger partial charge is 0.464 e. The van der Waals surface area contributed by atoms with E-state index >= 15 is 0 Å². The lowest BCUT2D eigenvalue weighted by atomic mass is 9.93. The minimum Gasteiger partial charge on any atom is -0.464 e. The number of nitrogens with zero attached hydrogens (tertiary/aromatic N) is 6. The van der Waals surface area contributed by atoms with E-state index in [4.69, 9.17) is 30.4 Å². The summed E-state index contributed by atoms with van der Waals surface area (Å²) < 4.78 is 99.4. The number of hydrogen-bond acceptors (Lipinski definition) is 16. The zero-order chi connectivity index (χ0) is 51.5. The van der Waals surface area contributed by atoms with Crippen molar-refractivity contribution in [3.05, 3.63) is 94.8 Å². The molecule has 0 aromatic carbocycles. The van der Waals surface area contributed by atoms with Crippen molar-refractivity contribution in [3.63, 3.8) is 0 Å². The molecule has 0 fully saturated rings. The molecule has 0 amide bonds. The van der Waals surface area contributed by atoms with Gasteiger partial charge in [-0.2, -0.15) is 26.3 Å². The molecule has 0 saturated heterocycles. The molecule has 0 bridgehead atoms. The number of esters is 2. The molecular formula is C48H52F6N10O6. The lowest BCUT2D eigenvalue weighted by molar-refractivity contribution is -0.190. The Morgan fingerprint density at radius 2 is 0.929 bits per heavy atom. The molecule has 0 spiro atoms. The highest BCUT2D eigenvalue weighted by molar-refractivity contribution is 5.94. The highest BCUT2D eigenvalue weighted by Gasteiger charge is 2.40. The first-order chi connectivity index (χ1) is 32.3. The fourth-order valence-corrected chi connectivity index (χ4v) is 7.58. The Hall–Kier alpha value is -6.94. The molecule has 372 valence electrons. The van der Waals surface area contributed by atoms with Crippen LogP contribution in [0.2, 0.25) is 0 Å². The number of pyridine rings is 6. The molecule has 70 heavy (non-hydrogen) atoms. The Kier molecular flexibility index (Phi) is 13.2. The fourth-order valence-electron chi connectivity index (χ4n) is 7.58. The minimum absolute atomic E-state index is 0.190. The summed E-state index contributed by atoms with van der Waals surface area (Å²) in [7, 11) is 0. The van der Waals surface area contributed by atoms with Gasteiger partial charge in [-0.15, -0.1) is 0 Å². The highest BCUT2D eigenvalue weighted by atomic mass is 19.4. The molecule has 16 nitrogen and oxygen atoms in total.